The normalized spacial score (nSPS) is 24.4. The molecule has 2 saturated heterocycles. The van der Waals surface area contributed by atoms with Crippen LogP contribution in [0.4, 0.5) is 11.8 Å². The van der Waals surface area contributed by atoms with Crippen LogP contribution in [0.5, 0.6) is 0 Å². The van der Waals surface area contributed by atoms with E-state index in [2.05, 4.69) is 36.0 Å². The van der Waals surface area contributed by atoms with Crippen molar-refractivity contribution in [2.45, 2.75) is 26.2 Å². The number of piperidine rings is 1. The van der Waals surface area contributed by atoms with Crippen LogP contribution in [0.2, 0.25) is 0 Å². The molecule has 0 bridgehead atoms. The molecule has 1 spiro atoms. The average molecular weight is 310 g/mol. The van der Waals surface area contributed by atoms with Gasteiger partial charge in [0.2, 0.25) is 5.95 Å². The van der Waals surface area contributed by atoms with Crippen molar-refractivity contribution >= 4 is 11.8 Å². The smallest absolute Gasteiger partial charge is 0.225 e. The summed E-state index contributed by atoms with van der Waals surface area (Å²) in [6.07, 6.45) is 7.32. The molecular weight excluding hydrogens is 288 g/mol. The fraction of sp³-hybridized carbons (Fsp3) is 0.529. The summed E-state index contributed by atoms with van der Waals surface area (Å²) in [5, 5.41) is 8.55. The Balaban J connectivity index is 1.50. The van der Waals surface area contributed by atoms with Gasteiger partial charge in [0.05, 0.1) is 5.69 Å². The maximum absolute atomic E-state index is 4.42. The Bertz CT molecular complexity index is 659. The van der Waals surface area contributed by atoms with E-state index >= 15 is 0 Å². The number of hydrogen-bond donors (Lipinski definition) is 0. The summed E-state index contributed by atoms with van der Waals surface area (Å²) in [5.41, 5.74) is 1.29. The number of nitrogens with zero attached hydrogens (tertiary/aromatic N) is 6. The SMILES string of the molecule is Cc1ccc(N2CCC3(CCCN(c4ncccn4)C3)C2)nn1. The molecular formula is C17H22N6. The molecule has 0 amide bonds. The van der Waals surface area contributed by atoms with Crippen molar-refractivity contribution in [2.24, 2.45) is 5.41 Å². The third-order valence-electron chi connectivity index (χ3n) is 5.04. The molecule has 2 aliphatic heterocycles. The largest absolute Gasteiger partial charge is 0.354 e. The topological polar surface area (TPSA) is 58.0 Å². The van der Waals surface area contributed by atoms with Crippen molar-refractivity contribution in [3.05, 3.63) is 36.3 Å². The van der Waals surface area contributed by atoms with Crippen molar-refractivity contribution in [3.63, 3.8) is 0 Å². The third-order valence-corrected chi connectivity index (χ3v) is 5.04. The lowest BCUT2D eigenvalue weighted by molar-refractivity contribution is 0.262. The Kier molecular flexibility index (Phi) is 3.59. The molecule has 1 atom stereocenters. The lowest BCUT2D eigenvalue weighted by atomic mass is 9.79. The zero-order valence-electron chi connectivity index (χ0n) is 13.5. The second-order valence-electron chi connectivity index (χ2n) is 6.78. The van der Waals surface area contributed by atoms with Crippen LogP contribution >= 0.6 is 0 Å². The maximum atomic E-state index is 4.42. The Labute approximate surface area is 136 Å². The van der Waals surface area contributed by atoms with Gasteiger partial charge < -0.3 is 9.80 Å². The molecule has 23 heavy (non-hydrogen) atoms. The standard InChI is InChI=1S/C17H22N6/c1-14-4-5-15(21-20-14)22-11-7-17(12-22)6-2-10-23(13-17)16-18-8-3-9-19-16/h3-5,8-9H,2,6-7,10-13H2,1H3. The van der Waals surface area contributed by atoms with E-state index in [9.17, 15) is 0 Å². The van der Waals surface area contributed by atoms with Crippen LogP contribution < -0.4 is 9.80 Å². The molecule has 6 nitrogen and oxygen atoms in total. The fourth-order valence-electron chi connectivity index (χ4n) is 3.86. The second kappa shape index (κ2) is 5.76. The predicted octanol–water partition coefficient (Wildman–Crippen LogP) is 2.07. The minimum atomic E-state index is 0.323. The lowest BCUT2D eigenvalue weighted by Crippen LogP contribution is -2.45. The van der Waals surface area contributed by atoms with Crippen molar-refractivity contribution in [3.8, 4) is 0 Å². The Morgan fingerprint density at radius 3 is 2.57 bits per heavy atom. The van der Waals surface area contributed by atoms with Gasteiger partial charge in [0.25, 0.3) is 0 Å². The molecule has 6 heteroatoms. The van der Waals surface area contributed by atoms with Crippen LogP contribution in [0, 0.1) is 12.3 Å². The molecule has 2 aromatic rings. The molecule has 0 saturated carbocycles. The van der Waals surface area contributed by atoms with Gasteiger partial charge in [-0.2, -0.15) is 5.10 Å². The number of anilines is 2. The van der Waals surface area contributed by atoms with Gasteiger partial charge in [0, 0.05) is 44.0 Å². The Morgan fingerprint density at radius 1 is 0.957 bits per heavy atom. The number of hydrogen-bond acceptors (Lipinski definition) is 6. The van der Waals surface area contributed by atoms with Gasteiger partial charge in [-0.25, -0.2) is 9.97 Å². The Morgan fingerprint density at radius 2 is 1.78 bits per heavy atom. The monoisotopic (exact) mass is 310 g/mol. The molecule has 1 unspecified atom stereocenters. The summed E-state index contributed by atoms with van der Waals surface area (Å²) in [6, 6.07) is 6.00. The second-order valence-corrected chi connectivity index (χ2v) is 6.78. The molecule has 2 fully saturated rings. The quantitative estimate of drug-likeness (QED) is 0.846. The highest BCUT2D eigenvalue weighted by Gasteiger charge is 2.42. The first-order valence-corrected chi connectivity index (χ1v) is 8.31. The number of rotatable bonds is 2. The van der Waals surface area contributed by atoms with E-state index in [1.807, 2.05) is 31.5 Å². The summed E-state index contributed by atoms with van der Waals surface area (Å²) in [4.78, 5) is 13.6. The van der Waals surface area contributed by atoms with Crippen molar-refractivity contribution < 1.29 is 0 Å². The van der Waals surface area contributed by atoms with Crippen LogP contribution in [0.15, 0.2) is 30.6 Å². The van der Waals surface area contributed by atoms with Gasteiger partial charge in [-0.15, -0.1) is 5.10 Å². The van der Waals surface area contributed by atoms with E-state index in [-0.39, 0.29) is 0 Å². The van der Waals surface area contributed by atoms with Gasteiger partial charge in [-0.1, -0.05) is 0 Å². The molecule has 0 N–H and O–H groups in total. The summed E-state index contributed by atoms with van der Waals surface area (Å²) in [5.74, 6) is 1.86. The van der Waals surface area contributed by atoms with E-state index in [4.69, 9.17) is 0 Å². The molecule has 4 rings (SSSR count). The van der Waals surface area contributed by atoms with E-state index in [1.165, 1.54) is 19.3 Å². The zero-order chi connectivity index (χ0) is 15.7. The van der Waals surface area contributed by atoms with E-state index < -0.39 is 0 Å². The minimum Gasteiger partial charge on any atom is -0.354 e. The summed E-state index contributed by atoms with van der Waals surface area (Å²) in [6.45, 7) is 6.17. The fourth-order valence-corrected chi connectivity index (χ4v) is 3.86. The summed E-state index contributed by atoms with van der Waals surface area (Å²) in [7, 11) is 0. The number of aromatic nitrogens is 4. The first-order chi connectivity index (χ1) is 11.2. The van der Waals surface area contributed by atoms with Crippen LogP contribution in [-0.4, -0.2) is 46.3 Å². The summed E-state index contributed by atoms with van der Waals surface area (Å²) < 4.78 is 0. The zero-order valence-corrected chi connectivity index (χ0v) is 13.5. The highest BCUT2D eigenvalue weighted by atomic mass is 15.3. The highest BCUT2D eigenvalue weighted by Crippen LogP contribution is 2.40. The predicted molar refractivity (Wildman–Crippen MR) is 89.5 cm³/mol. The van der Waals surface area contributed by atoms with Crippen LogP contribution in [-0.2, 0) is 0 Å². The Hall–Kier alpha value is -2.24. The minimum absolute atomic E-state index is 0.323. The first-order valence-electron chi connectivity index (χ1n) is 8.31. The van der Waals surface area contributed by atoms with Crippen molar-refractivity contribution in [2.75, 3.05) is 36.0 Å². The average Bonchev–Trinajstić information content (AvgIpc) is 3.00. The molecule has 4 heterocycles. The van der Waals surface area contributed by atoms with E-state index in [0.717, 1.165) is 43.6 Å². The van der Waals surface area contributed by atoms with Crippen LogP contribution in [0.25, 0.3) is 0 Å². The summed E-state index contributed by atoms with van der Waals surface area (Å²) >= 11 is 0. The van der Waals surface area contributed by atoms with Gasteiger partial charge >= 0.3 is 0 Å². The van der Waals surface area contributed by atoms with E-state index in [0.29, 0.717) is 5.41 Å². The molecule has 2 aliphatic rings. The first kappa shape index (κ1) is 14.4. The molecule has 0 aliphatic carbocycles. The van der Waals surface area contributed by atoms with Crippen molar-refractivity contribution in [1.82, 2.24) is 20.2 Å². The highest BCUT2D eigenvalue weighted by molar-refractivity contribution is 5.41. The van der Waals surface area contributed by atoms with E-state index in [1.54, 1.807) is 0 Å². The van der Waals surface area contributed by atoms with Gasteiger partial charge in [0.1, 0.15) is 0 Å². The van der Waals surface area contributed by atoms with Crippen LogP contribution in [0.1, 0.15) is 25.0 Å². The molecule has 0 aromatic carbocycles. The lowest BCUT2D eigenvalue weighted by Gasteiger charge is -2.40. The van der Waals surface area contributed by atoms with Crippen LogP contribution in [0.3, 0.4) is 0 Å². The molecule has 0 radical (unpaired) electrons. The van der Waals surface area contributed by atoms with Gasteiger partial charge in [-0.3, -0.25) is 0 Å². The third kappa shape index (κ3) is 2.85. The molecule has 120 valence electrons. The maximum Gasteiger partial charge on any atom is 0.225 e. The van der Waals surface area contributed by atoms with Gasteiger partial charge in [0.15, 0.2) is 5.82 Å². The number of aryl methyl sites for hydroxylation is 1. The van der Waals surface area contributed by atoms with Crippen molar-refractivity contribution in [1.29, 1.82) is 0 Å². The molecule has 2 aromatic heterocycles. The van der Waals surface area contributed by atoms with Gasteiger partial charge in [-0.05, 0) is 44.4 Å².